The highest BCUT2D eigenvalue weighted by atomic mass is 16.5. The van der Waals surface area contributed by atoms with E-state index in [9.17, 15) is 4.79 Å². The Kier molecular flexibility index (Phi) is 1.55. The van der Waals surface area contributed by atoms with Crippen LogP contribution < -0.4 is 4.74 Å². The maximum Gasteiger partial charge on any atom is 0.298 e. The van der Waals surface area contributed by atoms with Crippen LogP contribution >= 0.6 is 0 Å². The van der Waals surface area contributed by atoms with Crippen LogP contribution in [0.1, 0.15) is 0 Å². The molecule has 0 spiro atoms. The lowest BCUT2D eigenvalue weighted by Crippen LogP contribution is -1.86. The molecule has 0 aliphatic rings. The van der Waals surface area contributed by atoms with Crippen LogP contribution in [0.5, 0.6) is 5.75 Å². The number of furan rings is 1. The fraction of sp³-hybridized carbons (Fsp3) is 0. The zero-order chi connectivity index (χ0) is 8.39. The van der Waals surface area contributed by atoms with Crippen LogP contribution in [0.25, 0.3) is 10.8 Å². The topological polar surface area (TPSA) is 39.4 Å². The Balaban J connectivity index is 2.52. The molecule has 3 nitrogen and oxygen atoms in total. The summed E-state index contributed by atoms with van der Waals surface area (Å²) in [5.74, 6) is 0.527. The third-order valence-electron chi connectivity index (χ3n) is 1.63. The summed E-state index contributed by atoms with van der Waals surface area (Å²) in [7, 11) is 0. The van der Waals surface area contributed by atoms with E-state index in [0.29, 0.717) is 12.2 Å². The minimum Gasteiger partial charge on any atom is -0.471 e. The fourth-order valence-corrected chi connectivity index (χ4v) is 1.07. The smallest absolute Gasteiger partial charge is 0.298 e. The molecule has 2 rings (SSSR count). The minimum absolute atomic E-state index is 0.404. The molecule has 0 saturated heterocycles. The van der Waals surface area contributed by atoms with Gasteiger partial charge in [-0.2, -0.15) is 0 Å². The van der Waals surface area contributed by atoms with E-state index in [1.165, 1.54) is 0 Å². The van der Waals surface area contributed by atoms with E-state index in [1.54, 1.807) is 24.7 Å². The molecule has 60 valence electrons. The summed E-state index contributed by atoms with van der Waals surface area (Å²) in [5.41, 5.74) is 0. The van der Waals surface area contributed by atoms with E-state index in [2.05, 4.69) is 4.74 Å². The standard InChI is InChI=1S/C9H6O3/c10-6-12-9-2-1-7-4-11-5-8(7)3-9/h1-6H. The summed E-state index contributed by atoms with van der Waals surface area (Å²) in [5, 5.41) is 1.92. The number of hydrogen-bond donors (Lipinski definition) is 0. The quantitative estimate of drug-likeness (QED) is 0.633. The molecular formula is C9H6O3. The van der Waals surface area contributed by atoms with Gasteiger partial charge in [0.1, 0.15) is 5.75 Å². The molecule has 0 aliphatic heterocycles. The van der Waals surface area contributed by atoms with Crippen LogP contribution in [0, 0.1) is 0 Å². The van der Waals surface area contributed by atoms with Crippen molar-refractivity contribution in [3.63, 3.8) is 0 Å². The molecule has 0 amide bonds. The molecule has 0 N–H and O–H groups in total. The Morgan fingerprint density at radius 1 is 1.25 bits per heavy atom. The molecule has 0 unspecified atom stereocenters. The van der Waals surface area contributed by atoms with Gasteiger partial charge in [0.25, 0.3) is 6.47 Å². The first-order chi connectivity index (χ1) is 5.90. The third kappa shape index (κ3) is 1.05. The monoisotopic (exact) mass is 162 g/mol. The van der Waals surface area contributed by atoms with Gasteiger partial charge in [0.15, 0.2) is 0 Å². The van der Waals surface area contributed by atoms with Gasteiger partial charge in [-0.1, -0.05) is 0 Å². The lowest BCUT2D eigenvalue weighted by molar-refractivity contribution is -0.120. The summed E-state index contributed by atoms with van der Waals surface area (Å²) < 4.78 is 9.62. The van der Waals surface area contributed by atoms with E-state index in [4.69, 9.17) is 4.42 Å². The van der Waals surface area contributed by atoms with E-state index in [1.807, 2.05) is 6.07 Å². The number of carbonyl (C=O) groups excluding carboxylic acids is 1. The van der Waals surface area contributed by atoms with Crippen LogP contribution in [0.2, 0.25) is 0 Å². The largest absolute Gasteiger partial charge is 0.471 e. The zero-order valence-corrected chi connectivity index (χ0v) is 6.19. The first-order valence-corrected chi connectivity index (χ1v) is 3.46. The second-order valence-corrected chi connectivity index (χ2v) is 2.38. The van der Waals surface area contributed by atoms with Crippen molar-refractivity contribution in [2.24, 2.45) is 0 Å². The Bertz CT molecular complexity index is 403. The number of ether oxygens (including phenoxy) is 1. The van der Waals surface area contributed by atoms with Crippen molar-refractivity contribution in [2.45, 2.75) is 0 Å². The molecule has 0 bridgehead atoms. The lowest BCUT2D eigenvalue weighted by atomic mass is 10.2. The predicted octanol–water partition coefficient (Wildman–Crippen LogP) is 1.97. The van der Waals surface area contributed by atoms with Gasteiger partial charge in [0.2, 0.25) is 0 Å². The minimum atomic E-state index is 0.404. The van der Waals surface area contributed by atoms with Gasteiger partial charge in [-0.15, -0.1) is 0 Å². The van der Waals surface area contributed by atoms with Crippen LogP contribution in [-0.2, 0) is 4.79 Å². The maximum atomic E-state index is 10.0. The Morgan fingerprint density at radius 2 is 2.08 bits per heavy atom. The first-order valence-electron chi connectivity index (χ1n) is 3.46. The molecule has 1 aromatic carbocycles. The molecule has 0 saturated carbocycles. The van der Waals surface area contributed by atoms with Gasteiger partial charge in [-0.05, 0) is 18.2 Å². The molecule has 0 radical (unpaired) electrons. The van der Waals surface area contributed by atoms with Gasteiger partial charge < -0.3 is 9.15 Å². The van der Waals surface area contributed by atoms with E-state index in [-0.39, 0.29) is 0 Å². The summed E-state index contributed by atoms with van der Waals surface area (Å²) in [4.78, 5) is 10.0. The molecule has 3 heteroatoms. The van der Waals surface area contributed by atoms with Gasteiger partial charge in [0, 0.05) is 10.8 Å². The normalized spacial score (nSPS) is 10.0. The second-order valence-electron chi connectivity index (χ2n) is 2.38. The van der Waals surface area contributed by atoms with Crippen molar-refractivity contribution in [3.05, 3.63) is 30.7 Å². The molecular weight excluding hydrogens is 156 g/mol. The summed E-state index contributed by atoms with van der Waals surface area (Å²) >= 11 is 0. The molecule has 0 atom stereocenters. The number of fused-ring (bicyclic) bond motifs is 1. The highest BCUT2D eigenvalue weighted by molar-refractivity contribution is 5.82. The van der Waals surface area contributed by atoms with E-state index >= 15 is 0 Å². The first kappa shape index (κ1) is 6.91. The zero-order valence-electron chi connectivity index (χ0n) is 6.19. The van der Waals surface area contributed by atoms with Crippen LogP contribution in [0.4, 0.5) is 0 Å². The van der Waals surface area contributed by atoms with Crippen molar-refractivity contribution < 1.29 is 13.9 Å². The van der Waals surface area contributed by atoms with Crippen molar-refractivity contribution >= 4 is 17.2 Å². The average Bonchev–Trinajstić information content (AvgIpc) is 2.51. The molecule has 1 heterocycles. The highest BCUT2D eigenvalue weighted by Gasteiger charge is 1.97. The summed E-state index contributed by atoms with van der Waals surface area (Å²) in [6.45, 7) is 0.404. The van der Waals surface area contributed by atoms with Gasteiger partial charge in [-0.3, -0.25) is 4.79 Å². The van der Waals surface area contributed by atoms with E-state index in [0.717, 1.165) is 10.8 Å². The van der Waals surface area contributed by atoms with Crippen LogP contribution in [0.15, 0.2) is 35.1 Å². The van der Waals surface area contributed by atoms with Crippen LogP contribution in [-0.4, -0.2) is 6.47 Å². The number of benzene rings is 1. The lowest BCUT2D eigenvalue weighted by Gasteiger charge is -1.95. The van der Waals surface area contributed by atoms with Crippen molar-refractivity contribution in [1.29, 1.82) is 0 Å². The van der Waals surface area contributed by atoms with Gasteiger partial charge in [0.05, 0.1) is 12.5 Å². The fourth-order valence-electron chi connectivity index (χ4n) is 1.07. The number of rotatable bonds is 2. The van der Waals surface area contributed by atoms with Gasteiger partial charge >= 0.3 is 0 Å². The average molecular weight is 162 g/mol. The van der Waals surface area contributed by atoms with Crippen LogP contribution in [0.3, 0.4) is 0 Å². The van der Waals surface area contributed by atoms with E-state index < -0.39 is 0 Å². The molecule has 12 heavy (non-hydrogen) atoms. The predicted molar refractivity (Wildman–Crippen MR) is 42.9 cm³/mol. The summed E-state index contributed by atoms with van der Waals surface area (Å²) in [6, 6.07) is 5.29. The molecule has 2 aromatic rings. The summed E-state index contributed by atoms with van der Waals surface area (Å²) in [6.07, 6.45) is 3.24. The third-order valence-corrected chi connectivity index (χ3v) is 1.63. The Labute approximate surface area is 68.5 Å². The highest BCUT2D eigenvalue weighted by Crippen LogP contribution is 2.20. The number of hydrogen-bond acceptors (Lipinski definition) is 3. The molecule has 0 fully saturated rings. The van der Waals surface area contributed by atoms with Crippen molar-refractivity contribution in [2.75, 3.05) is 0 Å². The SMILES string of the molecule is O=COc1ccc2cocc2c1. The maximum absolute atomic E-state index is 10.0. The van der Waals surface area contributed by atoms with Crippen molar-refractivity contribution in [1.82, 2.24) is 0 Å². The molecule has 0 aliphatic carbocycles. The number of carbonyl (C=O) groups is 1. The second kappa shape index (κ2) is 2.70. The van der Waals surface area contributed by atoms with Crippen molar-refractivity contribution in [3.8, 4) is 5.75 Å². The van der Waals surface area contributed by atoms with Gasteiger partial charge in [-0.25, -0.2) is 0 Å². The Hall–Kier alpha value is -1.77. The Morgan fingerprint density at radius 3 is 2.92 bits per heavy atom. The molecule has 1 aromatic heterocycles.